The van der Waals surface area contributed by atoms with Crippen molar-refractivity contribution in [3.05, 3.63) is 194 Å². The lowest BCUT2D eigenvalue weighted by Crippen LogP contribution is -1.99. The number of rotatable bonds is 16. The number of fused-ring (bicyclic) bond motifs is 6. The highest BCUT2D eigenvalue weighted by Gasteiger charge is 2.19. The summed E-state index contributed by atoms with van der Waals surface area (Å²) >= 11 is 0. The van der Waals surface area contributed by atoms with E-state index in [0.717, 1.165) is 59.6 Å². The van der Waals surface area contributed by atoms with Crippen LogP contribution in [0.1, 0.15) is 65.2 Å². The lowest BCUT2D eigenvalue weighted by molar-refractivity contribution is 0.602. The molecule has 4 heteroatoms. The number of hydrogen-bond donors (Lipinski definition) is 0. The van der Waals surface area contributed by atoms with Gasteiger partial charge in [0.1, 0.15) is 0 Å². The molecule has 0 bridgehead atoms. The summed E-state index contributed by atoms with van der Waals surface area (Å²) in [6.45, 7) is 6.55. The molecule has 0 radical (unpaired) electrons. The van der Waals surface area contributed by atoms with Crippen LogP contribution in [0.25, 0.3) is 111 Å². The molecular formula is C64H58N4. The Hall–Kier alpha value is -7.56. The van der Waals surface area contributed by atoms with Gasteiger partial charge in [-0.2, -0.15) is 0 Å². The van der Waals surface area contributed by atoms with Gasteiger partial charge in [-0.3, -0.25) is 9.97 Å². The van der Waals surface area contributed by atoms with Crippen molar-refractivity contribution in [3.8, 4) is 67.0 Å². The molecule has 4 heterocycles. The van der Waals surface area contributed by atoms with E-state index < -0.39 is 0 Å². The Morgan fingerprint density at radius 2 is 0.676 bits per heavy atom. The van der Waals surface area contributed by atoms with Gasteiger partial charge in [0.15, 0.2) is 0 Å². The molecular weight excluding hydrogens is 825 g/mol. The summed E-state index contributed by atoms with van der Waals surface area (Å²) in [5.41, 5.74) is 18.9. The zero-order valence-corrected chi connectivity index (χ0v) is 39.3. The monoisotopic (exact) mass is 882 g/mol. The maximum Gasteiger partial charge on any atom is 0.0703 e. The van der Waals surface area contributed by atoms with Crippen molar-refractivity contribution in [2.75, 3.05) is 0 Å². The fraction of sp³-hybridized carbons (Fsp3) is 0.188. The summed E-state index contributed by atoms with van der Waals surface area (Å²) in [5, 5.41) is 5.25. The molecule has 4 aromatic heterocycles. The summed E-state index contributed by atoms with van der Waals surface area (Å²) < 4.78 is 5.21. The number of pyridine rings is 2. The lowest BCUT2D eigenvalue weighted by atomic mass is 9.99. The van der Waals surface area contributed by atoms with E-state index in [1.165, 1.54) is 116 Å². The topological polar surface area (TPSA) is 35.6 Å². The second-order valence-electron chi connectivity index (χ2n) is 18.5. The Morgan fingerprint density at radius 1 is 0.294 bits per heavy atom. The summed E-state index contributed by atoms with van der Waals surface area (Å²) in [7, 11) is 0. The third kappa shape index (κ3) is 8.52. The van der Waals surface area contributed by atoms with Gasteiger partial charge in [-0.25, -0.2) is 0 Å². The van der Waals surface area contributed by atoms with Gasteiger partial charge < -0.3 is 9.13 Å². The van der Waals surface area contributed by atoms with Gasteiger partial charge in [0.25, 0.3) is 0 Å². The zero-order valence-electron chi connectivity index (χ0n) is 39.3. The van der Waals surface area contributed by atoms with Gasteiger partial charge in [-0.1, -0.05) is 186 Å². The Kier molecular flexibility index (Phi) is 12.2. The normalized spacial score (nSPS) is 11.7. The van der Waals surface area contributed by atoms with Crippen LogP contribution in [0.4, 0.5) is 0 Å². The third-order valence-corrected chi connectivity index (χ3v) is 14.0. The molecule has 4 nitrogen and oxygen atoms in total. The summed E-state index contributed by atoms with van der Waals surface area (Å²) in [6.07, 6.45) is 13.8. The summed E-state index contributed by atoms with van der Waals surface area (Å²) in [5.74, 6) is 0. The Labute approximate surface area is 400 Å². The van der Waals surface area contributed by atoms with Gasteiger partial charge in [-0.15, -0.1) is 0 Å². The van der Waals surface area contributed by atoms with Crippen molar-refractivity contribution in [1.82, 2.24) is 19.1 Å². The molecule has 11 aromatic rings. The molecule has 0 amide bonds. The van der Waals surface area contributed by atoms with E-state index in [-0.39, 0.29) is 0 Å². The first-order chi connectivity index (χ1) is 33.6. The van der Waals surface area contributed by atoms with E-state index in [0.29, 0.717) is 0 Å². The number of hydrogen-bond acceptors (Lipinski definition) is 2. The SMILES string of the molecule is CCCCCCn1c2cc(-c3ccc(-c4cccc(-c5ccccc5)c4)cn3)ccc2c2cc3c(cc21)c1ccc(-c2ccc(-c4cccc(-c5ccccc5)c4)cn2)cc1n3CCCCCC. The number of aryl methyl sites for hydroxylation is 2. The standard InChI is InChI=1S/C64H58N4/c1-3-5-7-15-35-67-61-39-51(59-33-29-53(43-65-59)49-25-17-23-47(37-49)45-19-11-9-12-20-45)27-31-55(61)57-42-64-58(41-63(57)67)56-32-28-52(40-62(56)68(64)36-16-8-6-4-2)60-34-30-54(44-66-60)50-26-18-24-48(38-50)46-21-13-10-14-22-46/h9-14,17-34,37-44H,3-8,15-16,35-36H2,1-2H3. The van der Waals surface area contributed by atoms with Crippen LogP contribution in [0.3, 0.4) is 0 Å². The van der Waals surface area contributed by atoms with Crippen LogP contribution in [0.2, 0.25) is 0 Å². The van der Waals surface area contributed by atoms with Crippen molar-refractivity contribution in [2.45, 2.75) is 78.3 Å². The van der Waals surface area contributed by atoms with Gasteiger partial charge in [0.05, 0.1) is 11.4 Å². The largest absolute Gasteiger partial charge is 0.340 e. The molecule has 0 aliphatic carbocycles. The molecule has 7 aromatic carbocycles. The third-order valence-electron chi connectivity index (χ3n) is 14.0. The van der Waals surface area contributed by atoms with Gasteiger partial charge in [0.2, 0.25) is 0 Å². The van der Waals surface area contributed by atoms with E-state index in [9.17, 15) is 0 Å². The predicted molar refractivity (Wildman–Crippen MR) is 289 cm³/mol. The summed E-state index contributed by atoms with van der Waals surface area (Å²) in [4.78, 5) is 10.1. The highest BCUT2D eigenvalue weighted by Crippen LogP contribution is 2.40. The van der Waals surface area contributed by atoms with Gasteiger partial charge in [-0.05, 0) is 94.8 Å². The number of benzene rings is 7. The molecule has 0 saturated carbocycles. The molecule has 68 heavy (non-hydrogen) atoms. The Morgan fingerprint density at radius 3 is 1.07 bits per heavy atom. The average molecular weight is 883 g/mol. The molecule has 0 fully saturated rings. The first-order valence-corrected chi connectivity index (χ1v) is 24.9. The number of aromatic nitrogens is 4. The molecule has 0 unspecified atom stereocenters. The second kappa shape index (κ2) is 19.3. The predicted octanol–water partition coefficient (Wildman–Crippen LogP) is 17.9. The van der Waals surface area contributed by atoms with Crippen molar-refractivity contribution in [3.63, 3.8) is 0 Å². The van der Waals surface area contributed by atoms with E-state index >= 15 is 0 Å². The molecule has 0 saturated heterocycles. The maximum atomic E-state index is 5.07. The zero-order chi connectivity index (χ0) is 45.8. The lowest BCUT2D eigenvalue weighted by Gasteiger charge is -2.10. The quantitative estimate of drug-likeness (QED) is 0.0907. The number of unbranched alkanes of at least 4 members (excludes halogenated alkanes) is 6. The minimum atomic E-state index is 0.983. The first-order valence-electron chi connectivity index (χ1n) is 24.9. The van der Waals surface area contributed by atoms with E-state index in [1.807, 2.05) is 12.4 Å². The van der Waals surface area contributed by atoms with Crippen LogP contribution in [0.5, 0.6) is 0 Å². The highest BCUT2D eigenvalue weighted by atomic mass is 15.0. The van der Waals surface area contributed by atoms with Crippen molar-refractivity contribution < 1.29 is 0 Å². The average Bonchev–Trinajstić information content (AvgIpc) is 3.88. The minimum absolute atomic E-state index is 0.983. The fourth-order valence-corrected chi connectivity index (χ4v) is 10.4. The van der Waals surface area contributed by atoms with Crippen LogP contribution in [-0.4, -0.2) is 19.1 Å². The Balaban J connectivity index is 0.967. The molecule has 0 spiro atoms. The molecule has 0 aliphatic rings. The molecule has 0 N–H and O–H groups in total. The van der Waals surface area contributed by atoms with Gasteiger partial charge >= 0.3 is 0 Å². The molecule has 11 rings (SSSR count). The van der Waals surface area contributed by atoms with Gasteiger partial charge in [0, 0.05) is 91.3 Å². The van der Waals surface area contributed by atoms with Crippen LogP contribution >= 0.6 is 0 Å². The fourth-order valence-electron chi connectivity index (χ4n) is 10.4. The number of nitrogens with zero attached hydrogens (tertiary/aromatic N) is 4. The smallest absolute Gasteiger partial charge is 0.0703 e. The second-order valence-corrected chi connectivity index (χ2v) is 18.5. The van der Waals surface area contributed by atoms with Crippen molar-refractivity contribution >= 4 is 43.6 Å². The van der Waals surface area contributed by atoms with Crippen molar-refractivity contribution in [1.29, 1.82) is 0 Å². The highest BCUT2D eigenvalue weighted by molar-refractivity contribution is 6.18. The van der Waals surface area contributed by atoms with Crippen molar-refractivity contribution in [2.24, 2.45) is 0 Å². The minimum Gasteiger partial charge on any atom is -0.340 e. The molecule has 0 aliphatic heterocycles. The molecule has 334 valence electrons. The van der Waals surface area contributed by atoms with Crippen LogP contribution < -0.4 is 0 Å². The maximum absolute atomic E-state index is 5.07. The van der Waals surface area contributed by atoms with E-state index in [4.69, 9.17) is 9.97 Å². The summed E-state index contributed by atoms with van der Waals surface area (Å²) in [6, 6.07) is 66.5. The van der Waals surface area contributed by atoms with Crippen LogP contribution in [-0.2, 0) is 13.1 Å². The van der Waals surface area contributed by atoms with E-state index in [2.05, 4.69) is 205 Å². The van der Waals surface area contributed by atoms with E-state index in [1.54, 1.807) is 0 Å². The van der Waals surface area contributed by atoms with Crippen LogP contribution in [0, 0.1) is 0 Å². The first kappa shape index (κ1) is 43.0. The van der Waals surface area contributed by atoms with Crippen LogP contribution in [0.15, 0.2) is 194 Å². The molecule has 0 atom stereocenters. The Bertz CT molecular complexity index is 3270.